The molecular weight excluding hydrogens is 350 g/mol. The Hall–Kier alpha value is -2.34. The average Bonchev–Trinajstić information content (AvgIpc) is 3.40. The summed E-state index contributed by atoms with van der Waals surface area (Å²) in [4.78, 5) is 19.0. The lowest BCUT2D eigenvalue weighted by Gasteiger charge is -2.32. The molecule has 4 rings (SSSR count). The van der Waals surface area contributed by atoms with Crippen LogP contribution in [0.15, 0.2) is 30.5 Å². The number of anilines is 1. The Morgan fingerprint density at radius 3 is 2.61 bits per heavy atom. The number of piperidine rings is 1. The molecule has 1 amide bonds. The van der Waals surface area contributed by atoms with Crippen LogP contribution in [0.3, 0.4) is 0 Å². The van der Waals surface area contributed by atoms with E-state index in [4.69, 9.17) is 0 Å². The number of amides is 1. The second-order valence-electron chi connectivity index (χ2n) is 8.33. The first-order valence-corrected chi connectivity index (χ1v) is 10.4. The van der Waals surface area contributed by atoms with Crippen LogP contribution in [0.2, 0.25) is 0 Å². The highest BCUT2D eigenvalue weighted by atomic mass is 16.2. The van der Waals surface area contributed by atoms with Crippen molar-refractivity contribution < 1.29 is 4.79 Å². The molecule has 2 fully saturated rings. The first kappa shape index (κ1) is 19.0. The highest BCUT2D eigenvalue weighted by Gasteiger charge is 2.27. The van der Waals surface area contributed by atoms with Crippen molar-refractivity contribution in [2.75, 3.05) is 45.2 Å². The van der Waals surface area contributed by atoms with Gasteiger partial charge in [0.2, 0.25) is 0 Å². The van der Waals surface area contributed by atoms with Crippen molar-refractivity contribution in [1.82, 2.24) is 20.0 Å². The minimum atomic E-state index is 0.0263. The van der Waals surface area contributed by atoms with Crippen molar-refractivity contribution in [2.24, 2.45) is 0 Å². The number of aromatic nitrogens is 2. The molecule has 150 valence electrons. The Morgan fingerprint density at radius 2 is 1.89 bits per heavy atom. The zero-order valence-electron chi connectivity index (χ0n) is 17.0. The second kappa shape index (κ2) is 8.35. The lowest BCUT2D eigenvalue weighted by atomic mass is 9.92. The minimum Gasteiger partial charge on any atom is -0.372 e. The van der Waals surface area contributed by atoms with Gasteiger partial charge in [-0.1, -0.05) is 12.1 Å². The fraction of sp³-hybridized carbons (Fsp3) is 0.545. The lowest BCUT2D eigenvalue weighted by Crippen LogP contribution is -2.35. The fourth-order valence-electron chi connectivity index (χ4n) is 4.50. The number of aromatic amines is 1. The summed E-state index contributed by atoms with van der Waals surface area (Å²) in [7, 11) is 3.58. The van der Waals surface area contributed by atoms with E-state index in [2.05, 4.69) is 44.3 Å². The Labute approximate surface area is 167 Å². The summed E-state index contributed by atoms with van der Waals surface area (Å²) in [5.41, 5.74) is 4.42. The van der Waals surface area contributed by atoms with Crippen LogP contribution in [-0.4, -0.2) is 66.2 Å². The minimum absolute atomic E-state index is 0.0263. The van der Waals surface area contributed by atoms with Gasteiger partial charge < -0.3 is 9.80 Å². The van der Waals surface area contributed by atoms with Gasteiger partial charge in [-0.2, -0.15) is 5.10 Å². The number of likely N-dealkylation sites (tertiary alicyclic amines) is 1. The predicted octanol–water partition coefficient (Wildman–Crippen LogP) is 3.09. The molecule has 1 aromatic carbocycles. The summed E-state index contributed by atoms with van der Waals surface area (Å²) in [6, 6.07) is 9.08. The first-order valence-electron chi connectivity index (χ1n) is 10.4. The average molecular weight is 382 g/mol. The van der Waals surface area contributed by atoms with E-state index in [0.717, 1.165) is 38.2 Å². The number of rotatable bonds is 5. The Morgan fingerprint density at radius 1 is 1.14 bits per heavy atom. The molecule has 2 aromatic rings. The van der Waals surface area contributed by atoms with Crippen molar-refractivity contribution in [3.8, 4) is 0 Å². The van der Waals surface area contributed by atoms with Gasteiger partial charge in [-0.25, -0.2) is 0 Å². The highest BCUT2D eigenvalue weighted by Crippen LogP contribution is 2.29. The van der Waals surface area contributed by atoms with Crippen molar-refractivity contribution in [3.63, 3.8) is 0 Å². The maximum atomic E-state index is 12.4. The largest absolute Gasteiger partial charge is 0.372 e. The number of carbonyl (C=O) groups excluding carboxylic acids is 1. The molecule has 28 heavy (non-hydrogen) atoms. The molecule has 0 radical (unpaired) electrons. The van der Waals surface area contributed by atoms with E-state index < -0.39 is 0 Å². The van der Waals surface area contributed by atoms with Crippen molar-refractivity contribution in [3.05, 3.63) is 47.3 Å². The lowest BCUT2D eigenvalue weighted by molar-refractivity contribution is 0.0825. The standard InChI is InChI=1S/C22H31N5O/c1-25(2)22(28)20-14-23-24-21(20)18-6-5-11-26(16-18)15-17-7-9-19(10-8-17)27-12-3-4-13-27/h7-10,14,18H,3-6,11-13,15-16H2,1-2H3,(H,23,24). The van der Waals surface area contributed by atoms with Gasteiger partial charge in [0, 0.05) is 51.9 Å². The molecule has 2 aliphatic heterocycles. The fourth-order valence-corrected chi connectivity index (χ4v) is 4.50. The maximum Gasteiger partial charge on any atom is 0.256 e. The number of nitrogens with zero attached hydrogens (tertiary/aromatic N) is 4. The molecule has 1 atom stereocenters. The molecule has 6 heteroatoms. The topological polar surface area (TPSA) is 55.5 Å². The van der Waals surface area contributed by atoms with Gasteiger partial charge in [0.05, 0.1) is 17.5 Å². The van der Waals surface area contributed by atoms with E-state index >= 15 is 0 Å². The number of nitrogens with one attached hydrogen (secondary N) is 1. The summed E-state index contributed by atoms with van der Waals surface area (Å²) >= 11 is 0. The van der Waals surface area contributed by atoms with E-state index in [0.29, 0.717) is 11.5 Å². The van der Waals surface area contributed by atoms with Gasteiger partial charge in [-0.15, -0.1) is 0 Å². The number of hydrogen-bond acceptors (Lipinski definition) is 4. The summed E-state index contributed by atoms with van der Waals surface area (Å²) in [5.74, 6) is 0.359. The quantitative estimate of drug-likeness (QED) is 0.865. The summed E-state index contributed by atoms with van der Waals surface area (Å²) < 4.78 is 0. The monoisotopic (exact) mass is 381 g/mol. The van der Waals surface area contributed by atoms with Crippen LogP contribution in [0.5, 0.6) is 0 Å². The summed E-state index contributed by atoms with van der Waals surface area (Å²) in [6.07, 6.45) is 6.53. The molecule has 2 saturated heterocycles. The first-order chi connectivity index (χ1) is 13.6. The molecule has 6 nitrogen and oxygen atoms in total. The zero-order chi connectivity index (χ0) is 19.5. The third-order valence-corrected chi connectivity index (χ3v) is 6.03. The molecule has 0 aliphatic carbocycles. The SMILES string of the molecule is CN(C)C(=O)c1cn[nH]c1C1CCCN(Cc2ccc(N3CCCC3)cc2)C1. The third kappa shape index (κ3) is 4.07. The second-order valence-corrected chi connectivity index (χ2v) is 8.33. The van der Waals surface area contributed by atoms with Gasteiger partial charge in [-0.05, 0) is 49.9 Å². The zero-order valence-corrected chi connectivity index (χ0v) is 17.0. The van der Waals surface area contributed by atoms with Gasteiger partial charge in [0.1, 0.15) is 0 Å². The van der Waals surface area contributed by atoms with Crippen LogP contribution in [0.1, 0.15) is 53.2 Å². The predicted molar refractivity (Wildman–Crippen MR) is 112 cm³/mol. The molecule has 0 bridgehead atoms. The van der Waals surface area contributed by atoms with Crippen molar-refractivity contribution >= 4 is 11.6 Å². The Balaban J connectivity index is 1.40. The number of H-pyrrole nitrogens is 1. The van der Waals surface area contributed by atoms with Crippen molar-refractivity contribution in [1.29, 1.82) is 0 Å². The molecule has 2 aliphatic rings. The van der Waals surface area contributed by atoms with Crippen LogP contribution in [0.25, 0.3) is 0 Å². The van der Waals surface area contributed by atoms with Crippen LogP contribution < -0.4 is 4.90 Å². The molecule has 0 saturated carbocycles. The molecule has 1 N–H and O–H groups in total. The maximum absolute atomic E-state index is 12.4. The highest BCUT2D eigenvalue weighted by molar-refractivity contribution is 5.94. The normalized spacial score (nSPS) is 20.5. The van der Waals surface area contributed by atoms with Crippen LogP contribution >= 0.6 is 0 Å². The Kier molecular flexibility index (Phi) is 5.67. The van der Waals surface area contributed by atoms with Crippen LogP contribution in [-0.2, 0) is 6.54 Å². The van der Waals surface area contributed by atoms with Crippen LogP contribution in [0.4, 0.5) is 5.69 Å². The van der Waals surface area contributed by atoms with Gasteiger partial charge >= 0.3 is 0 Å². The number of hydrogen-bond donors (Lipinski definition) is 1. The number of benzene rings is 1. The number of carbonyl (C=O) groups is 1. The third-order valence-electron chi connectivity index (χ3n) is 6.03. The van der Waals surface area contributed by atoms with Crippen LogP contribution in [0, 0.1) is 0 Å². The summed E-state index contributed by atoms with van der Waals surface area (Å²) in [6.45, 7) is 5.40. The Bertz CT molecular complexity index is 792. The molecular formula is C22H31N5O. The summed E-state index contributed by atoms with van der Waals surface area (Å²) in [5, 5.41) is 7.27. The van der Waals surface area contributed by atoms with E-state index in [1.165, 1.54) is 37.2 Å². The van der Waals surface area contributed by atoms with E-state index in [1.54, 1.807) is 25.2 Å². The molecule has 0 spiro atoms. The van der Waals surface area contributed by atoms with Crippen molar-refractivity contribution in [2.45, 2.75) is 38.1 Å². The van der Waals surface area contributed by atoms with Gasteiger partial charge in [0.25, 0.3) is 5.91 Å². The smallest absolute Gasteiger partial charge is 0.256 e. The molecule has 3 heterocycles. The van der Waals surface area contributed by atoms with E-state index in [1.807, 2.05) is 0 Å². The van der Waals surface area contributed by atoms with E-state index in [-0.39, 0.29) is 5.91 Å². The van der Waals surface area contributed by atoms with Gasteiger partial charge in [-0.3, -0.25) is 14.8 Å². The molecule has 1 unspecified atom stereocenters. The van der Waals surface area contributed by atoms with E-state index in [9.17, 15) is 4.79 Å². The molecule has 1 aromatic heterocycles. The van der Waals surface area contributed by atoms with Gasteiger partial charge in [0.15, 0.2) is 0 Å².